The number of piperidine rings is 1. The minimum Gasteiger partial charge on any atom is -0.284 e. The van der Waals surface area contributed by atoms with Gasteiger partial charge in [0.15, 0.2) is 0 Å². The lowest BCUT2D eigenvalue weighted by atomic mass is 10.2. The van der Waals surface area contributed by atoms with E-state index >= 15 is 0 Å². The predicted octanol–water partition coefficient (Wildman–Crippen LogP) is 5.42. The third-order valence-corrected chi connectivity index (χ3v) is 5.39. The number of nitrogens with one attached hydrogen (secondary N) is 1. The molecule has 1 fully saturated rings. The first-order valence-electron chi connectivity index (χ1n) is 9.59. The maximum atomic E-state index is 12.3. The molecule has 1 amide bonds. The van der Waals surface area contributed by atoms with Gasteiger partial charge in [0, 0.05) is 36.1 Å². The van der Waals surface area contributed by atoms with Crippen molar-refractivity contribution in [2.45, 2.75) is 25.7 Å². The van der Waals surface area contributed by atoms with Gasteiger partial charge in [0.25, 0.3) is 5.91 Å². The van der Waals surface area contributed by atoms with Crippen molar-refractivity contribution in [3.05, 3.63) is 63.6 Å². The number of anilines is 1. The van der Waals surface area contributed by atoms with E-state index in [0.717, 1.165) is 36.6 Å². The molecule has 0 bridgehead atoms. The highest BCUT2D eigenvalue weighted by atomic mass is 35.5. The summed E-state index contributed by atoms with van der Waals surface area (Å²) in [5.74, 6) is -0.116. The van der Waals surface area contributed by atoms with Gasteiger partial charge in [-0.25, -0.2) is 5.01 Å². The Morgan fingerprint density at radius 2 is 1.62 bits per heavy atom. The zero-order valence-corrected chi connectivity index (χ0v) is 18.2. The van der Waals surface area contributed by atoms with Crippen LogP contribution >= 0.6 is 34.8 Å². The second kappa shape index (κ2) is 10.8. The molecule has 2 aromatic carbocycles. The van der Waals surface area contributed by atoms with Crippen LogP contribution in [0.25, 0.3) is 0 Å². The van der Waals surface area contributed by atoms with Crippen LogP contribution in [0, 0.1) is 0 Å². The maximum Gasteiger partial charge on any atom is 0.281 e. The first-order chi connectivity index (χ1) is 14.0. The summed E-state index contributed by atoms with van der Waals surface area (Å²) in [6.45, 7) is 2.46. The Bertz CT molecular complexity index is 854. The van der Waals surface area contributed by atoms with E-state index in [0.29, 0.717) is 28.7 Å². The van der Waals surface area contributed by atoms with Crippen LogP contribution < -0.4 is 10.4 Å². The molecule has 1 N–H and O–H groups in total. The molecular weight excluding hydrogens is 431 g/mol. The normalized spacial score (nSPS) is 16.7. The van der Waals surface area contributed by atoms with Crippen LogP contribution in [0.15, 0.2) is 53.6 Å². The average molecular weight is 454 g/mol. The lowest BCUT2D eigenvalue weighted by Gasteiger charge is -2.26. The highest BCUT2D eigenvalue weighted by Gasteiger charge is 2.24. The van der Waals surface area contributed by atoms with Crippen LogP contribution in [0.1, 0.15) is 25.7 Å². The monoisotopic (exact) mass is 452 g/mol. The van der Waals surface area contributed by atoms with Crippen LogP contribution in [-0.2, 0) is 4.79 Å². The molecule has 154 valence electrons. The van der Waals surface area contributed by atoms with Gasteiger partial charge in [-0.1, -0.05) is 59.4 Å². The maximum absolute atomic E-state index is 12.3. The summed E-state index contributed by atoms with van der Waals surface area (Å²) in [5.41, 5.74) is 4.25. The molecule has 2 heterocycles. The average Bonchev–Trinajstić information content (AvgIpc) is 3.20. The van der Waals surface area contributed by atoms with Gasteiger partial charge >= 0.3 is 0 Å². The number of hydrogen-bond donors (Lipinski definition) is 1. The SMILES string of the molecule is Clc1ccccc1.O=C(NN1CCCCC1)C1=NN(c2ccc(Cl)cc2Cl)CC1. The number of hydrogen-bond acceptors (Lipinski definition) is 4. The molecule has 8 heteroatoms. The molecule has 0 atom stereocenters. The predicted molar refractivity (Wildman–Crippen MR) is 121 cm³/mol. The fourth-order valence-electron chi connectivity index (χ4n) is 3.11. The van der Waals surface area contributed by atoms with Crippen molar-refractivity contribution in [3.63, 3.8) is 0 Å². The van der Waals surface area contributed by atoms with Crippen LogP contribution in [0.5, 0.6) is 0 Å². The Kier molecular flexibility index (Phi) is 8.19. The Morgan fingerprint density at radius 3 is 2.24 bits per heavy atom. The Labute approximate surface area is 186 Å². The number of hydrazone groups is 1. The van der Waals surface area contributed by atoms with Gasteiger partial charge in [-0.2, -0.15) is 5.10 Å². The fourth-order valence-corrected chi connectivity index (χ4v) is 3.76. The molecule has 2 aliphatic rings. The van der Waals surface area contributed by atoms with Crippen molar-refractivity contribution < 1.29 is 4.79 Å². The molecule has 0 saturated carbocycles. The lowest BCUT2D eigenvalue weighted by molar-refractivity contribution is -0.119. The second-order valence-electron chi connectivity index (χ2n) is 6.80. The molecule has 0 aromatic heterocycles. The zero-order valence-electron chi connectivity index (χ0n) is 16.0. The number of halogens is 3. The molecule has 0 spiro atoms. The highest BCUT2D eigenvalue weighted by Crippen LogP contribution is 2.30. The van der Waals surface area contributed by atoms with Crippen LogP contribution in [0.3, 0.4) is 0 Å². The topological polar surface area (TPSA) is 47.9 Å². The summed E-state index contributed by atoms with van der Waals surface area (Å²) in [6.07, 6.45) is 4.09. The number of amides is 1. The first kappa shape index (κ1) is 21.9. The van der Waals surface area contributed by atoms with Gasteiger partial charge in [0.1, 0.15) is 5.71 Å². The standard InChI is InChI=1S/C15H18Cl2N4O.C6H5Cl/c16-11-4-5-14(12(17)10-11)21-9-6-13(18-21)15(22)19-20-7-2-1-3-8-20;7-6-4-2-1-3-5-6/h4-5,10H,1-3,6-9H2,(H,19,22);1-5H. The molecule has 2 aromatic rings. The van der Waals surface area contributed by atoms with Crippen LogP contribution in [0.2, 0.25) is 15.1 Å². The third-order valence-electron chi connectivity index (χ3n) is 4.60. The largest absolute Gasteiger partial charge is 0.284 e. The Hall–Kier alpha value is -1.79. The third kappa shape index (κ3) is 6.61. The molecule has 29 heavy (non-hydrogen) atoms. The molecule has 0 aliphatic carbocycles. The minimum atomic E-state index is -0.116. The zero-order chi connectivity index (χ0) is 20.6. The minimum absolute atomic E-state index is 0.116. The summed E-state index contributed by atoms with van der Waals surface area (Å²) in [4.78, 5) is 12.3. The molecular formula is C21H23Cl3N4O. The van der Waals surface area contributed by atoms with Crippen molar-refractivity contribution >= 4 is 52.1 Å². The van der Waals surface area contributed by atoms with E-state index in [1.54, 1.807) is 17.1 Å². The van der Waals surface area contributed by atoms with E-state index in [1.807, 2.05) is 41.4 Å². The molecule has 2 aliphatic heterocycles. The van der Waals surface area contributed by atoms with Crippen molar-refractivity contribution in [3.8, 4) is 0 Å². The second-order valence-corrected chi connectivity index (χ2v) is 8.08. The van der Waals surface area contributed by atoms with E-state index in [-0.39, 0.29) is 5.91 Å². The summed E-state index contributed by atoms with van der Waals surface area (Å²) in [7, 11) is 0. The molecule has 0 radical (unpaired) electrons. The van der Waals surface area contributed by atoms with Gasteiger partial charge < -0.3 is 0 Å². The number of carbonyl (C=O) groups excluding carboxylic acids is 1. The smallest absolute Gasteiger partial charge is 0.281 e. The van der Waals surface area contributed by atoms with E-state index in [2.05, 4.69) is 10.5 Å². The van der Waals surface area contributed by atoms with E-state index < -0.39 is 0 Å². The summed E-state index contributed by atoms with van der Waals surface area (Å²) in [6, 6.07) is 14.7. The van der Waals surface area contributed by atoms with Gasteiger partial charge in [-0.05, 0) is 43.2 Å². The van der Waals surface area contributed by atoms with Crippen molar-refractivity contribution in [1.29, 1.82) is 0 Å². The summed E-state index contributed by atoms with van der Waals surface area (Å²) < 4.78 is 0. The van der Waals surface area contributed by atoms with Gasteiger partial charge in [0.05, 0.1) is 10.7 Å². The van der Waals surface area contributed by atoms with E-state index in [9.17, 15) is 4.79 Å². The van der Waals surface area contributed by atoms with Crippen molar-refractivity contribution in [2.24, 2.45) is 5.10 Å². The quantitative estimate of drug-likeness (QED) is 0.675. The Morgan fingerprint density at radius 1 is 0.897 bits per heavy atom. The summed E-state index contributed by atoms with van der Waals surface area (Å²) in [5, 5.41) is 10.0. The number of nitrogens with zero attached hydrogens (tertiary/aromatic N) is 3. The lowest BCUT2D eigenvalue weighted by Crippen LogP contribution is -2.47. The number of carbonyl (C=O) groups is 1. The van der Waals surface area contributed by atoms with E-state index in [1.165, 1.54) is 6.42 Å². The van der Waals surface area contributed by atoms with Crippen molar-refractivity contribution in [1.82, 2.24) is 10.4 Å². The van der Waals surface area contributed by atoms with E-state index in [4.69, 9.17) is 34.8 Å². The van der Waals surface area contributed by atoms with Crippen LogP contribution in [-0.4, -0.2) is 36.3 Å². The number of hydrazine groups is 1. The summed E-state index contributed by atoms with van der Waals surface area (Å²) >= 11 is 17.6. The van der Waals surface area contributed by atoms with Gasteiger partial charge in [0.2, 0.25) is 0 Å². The van der Waals surface area contributed by atoms with Crippen LogP contribution in [0.4, 0.5) is 5.69 Å². The molecule has 4 rings (SSSR count). The Balaban J connectivity index is 0.000000290. The van der Waals surface area contributed by atoms with Gasteiger partial charge in [-0.3, -0.25) is 15.2 Å². The van der Waals surface area contributed by atoms with Gasteiger partial charge in [-0.15, -0.1) is 0 Å². The molecule has 0 unspecified atom stereocenters. The van der Waals surface area contributed by atoms with Crippen molar-refractivity contribution in [2.75, 3.05) is 24.6 Å². The molecule has 5 nitrogen and oxygen atoms in total. The first-order valence-corrected chi connectivity index (χ1v) is 10.7. The number of rotatable bonds is 3. The molecule has 1 saturated heterocycles. The number of benzene rings is 2. The highest BCUT2D eigenvalue weighted by molar-refractivity contribution is 6.40. The fraction of sp³-hybridized carbons (Fsp3) is 0.333.